The third-order valence-electron chi connectivity index (χ3n) is 3.84. The highest BCUT2D eigenvalue weighted by Gasteiger charge is 2.51. The number of nitrogens with one attached hydrogen (secondary N) is 3. The van der Waals surface area contributed by atoms with Crippen molar-refractivity contribution >= 4 is 18.0 Å². The Bertz CT molecular complexity index is 688. The maximum atomic E-state index is 12.5. The van der Waals surface area contributed by atoms with Gasteiger partial charge < -0.3 is 15.4 Å². The van der Waals surface area contributed by atoms with Gasteiger partial charge in [0.25, 0.3) is 5.91 Å². The predicted octanol–water partition coefficient (Wildman–Crippen LogP) is 0.777. The third kappa shape index (κ3) is 3.06. The van der Waals surface area contributed by atoms with Crippen molar-refractivity contribution in [3.05, 3.63) is 18.0 Å². The first-order valence-corrected chi connectivity index (χ1v) is 7.86. The summed E-state index contributed by atoms with van der Waals surface area (Å²) in [6.45, 7) is 5.11. The van der Waals surface area contributed by atoms with E-state index >= 15 is 0 Å². The van der Waals surface area contributed by atoms with E-state index in [-0.39, 0.29) is 12.6 Å². The number of carbonyl (C=O) groups is 3. The summed E-state index contributed by atoms with van der Waals surface area (Å²) >= 11 is 0. The van der Waals surface area contributed by atoms with Crippen molar-refractivity contribution in [2.75, 3.05) is 6.54 Å². The molecule has 1 aliphatic heterocycles. The number of alkyl carbamates (subject to hydrolysis) is 1. The van der Waals surface area contributed by atoms with E-state index in [2.05, 4.69) is 21.0 Å². The Balaban J connectivity index is 1.84. The first kappa shape index (κ1) is 16.3. The second-order valence-electron chi connectivity index (χ2n) is 7.06. The van der Waals surface area contributed by atoms with Crippen LogP contribution in [0, 0.1) is 0 Å². The highest BCUT2D eigenvalue weighted by molar-refractivity contribution is 6.07. The van der Waals surface area contributed by atoms with Crippen LogP contribution in [0.15, 0.2) is 12.3 Å². The number of carbonyl (C=O) groups excluding carboxylic acids is 3. The van der Waals surface area contributed by atoms with Gasteiger partial charge in [0.15, 0.2) is 5.54 Å². The smallest absolute Gasteiger partial charge is 0.407 e. The maximum absolute atomic E-state index is 12.5. The predicted molar refractivity (Wildman–Crippen MR) is 83.1 cm³/mol. The van der Waals surface area contributed by atoms with Crippen LogP contribution in [-0.4, -0.2) is 40.0 Å². The number of rotatable bonds is 4. The van der Waals surface area contributed by atoms with E-state index in [1.807, 2.05) is 0 Å². The topological polar surface area (TPSA) is 114 Å². The zero-order chi connectivity index (χ0) is 17.5. The minimum Gasteiger partial charge on any atom is -0.444 e. The molecule has 1 unspecified atom stereocenters. The molecule has 0 aromatic carbocycles. The quantitative estimate of drug-likeness (QED) is 0.704. The van der Waals surface area contributed by atoms with E-state index < -0.39 is 29.2 Å². The minimum atomic E-state index is -1.40. The molecule has 3 N–H and O–H groups in total. The molecule has 3 rings (SSSR count). The highest BCUT2D eigenvalue weighted by Crippen LogP contribution is 2.38. The Morgan fingerprint density at radius 3 is 2.71 bits per heavy atom. The van der Waals surface area contributed by atoms with Crippen molar-refractivity contribution < 1.29 is 19.1 Å². The van der Waals surface area contributed by atoms with Crippen molar-refractivity contribution in [1.29, 1.82) is 0 Å². The second-order valence-corrected chi connectivity index (χ2v) is 7.06. The maximum Gasteiger partial charge on any atom is 0.407 e. The summed E-state index contributed by atoms with van der Waals surface area (Å²) in [5.41, 5.74) is -1.51. The van der Waals surface area contributed by atoms with E-state index in [1.54, 1.807) is 37.7 Å². The number of nitrogens with zero attached hydrogens (tertiary/aromatic N) is 2. The van der Waals surface area contributed by atoms with Gasteiger partial charge in [-0.3, -0.25) is 14.8 Å². The van der Waals surface area contributed by atoms with Crippen LogP contribution in [0.3, 0.4) is 0 Å². The summed E-state index contributed by atoms with van der Waals surface area (Å²) in [4.78, 5) is 36.1. The summed E-state index contributed by atoms with van der Waals surface area (Å²) in [5, 5.41) is 11.7. The van der Waals surface area contributed by atoms with Crippen LogP contribution in [0.1, 0.15) is 45.3 Å². The van der Waals surface area contributed by atoms with Gasteiger partial charge in [-0.05, 0) is 39.7 Å². The number of amides is 4. The number of aromatic nitrogens is 2. The first-order valence-electron chi connectivity index (χ1n) is 7.86. The number of imide groups is 1. The van der Waals surface area contributed by atoms with Crippen molar-refractivity contribution in [3.8, 4) is 0 Å². The normalized spacial score (nSPS) is 23.6. The number of hydrogen-bond acceptors (Lipinski definition) is 5. The summed E-state index contributed by atoms with van der Waals surface area (Å²) in [6, 6.07) is 1.30. The van der Waals surface area contributed by atoms with Crippen LogP contribution in [0.4, 0.5) is 9.59 Å². The molecule has 0 radical (unpaired) electrons. The summed E-state index contributed by atoms with van der Waals surface area (Å²) in [7, 11) is 0. The lowest BCUT2D eigenvalue weighted by atomic mass is 9.95. The lowest BCUT2D eigenvalue weighted by molar-refractivity contribution is -0.124. The zero-order valence-corrected chi connectivity index (χ0v) is 13.9. The Labute approximate surface area is 139 Å². The SMILES string of the molecule is CC(C)(C)OC(=O)NCC1(c2ccnn2C2CC2)NC(=O)NC1=O. The molecule has 2 fully saturated rings. The van der Waals surface area contributed by atoms with Gasteiger partial charge in [-0.25, -0.2) is 9.59 Å². The zero-order valence-electron chi connectivity index (χ0n) is 13.9. The van der Waals surface area contributed by atoms with Crippen LogP contribution >= 0.6 is 0 Å². The van der Waals surface area contributed by atoms with Gasteiger partial charge in [0.1, 0.15) is 5.60 Å². The van der Waals surface area contributed by atoms with Crippen LogP contribution in [0.25, 0.3) is 0 Å². The molecular weight excluding hydrogens is 314 g/mol. The van der Waals surface area contributed by atoms with Gasteiger partial charge in [-0.1, -0.05) is 0 Å². The van der Waals surface area contributed by atoms with Gasteiger partial charge in [0.2, 0.25) is 0 Å². The molecule has 1 aromatic heterocycles. The van der Waals surface area contributed by atoms with Gasteiger partial charge in [-0.15, -0.1) is 0 Å². The lowest BCUT2D eigenvalue weighted by Gasteiger charge is -2.28. The molecule has 1 aliphatic carbocycles. The third-order valence-corrected chi connectivity index (χ3v) is 3.84. The monoisotopic (exact) mass is 335 g/mol. The largest absolute Gasteiger partial charge is 0.444 e. The van der Waals surface area contributed by atoms with Crippen LogP contribution < -0.4 is 16.0 Å². The molecule has 1 saturated heterocycles. The molecule has 0 bridgehead atoms. The summed E-state index contributed by atoms with van der Waals surface area (Å²) in [6.07, 6.45) is 2.87. The van der Waals surface area contributed by atoms with Crippen molar-refractivity contribution in [1.82, 2.24) is 25.7 Å². The van der Waals surface area contributed by atoms with E-state index in [1.165, 1.54) is 0 Å². The molecule has 4 amide bonds. The molecule has 2 aliphatic rings. The first-order chi connectivity index (χ1) is 11.2. The number of hydrogen-bond donors (Lipinski definition) is 3. The van der Waals surface area contributed by atoms with E-state index in [9.17, 15) is 14.4 Å². The van der Waals surface area contributed by atoms with Crippen molar-refractivity contribution in [2.45, 2.75) is 50.8 Å². The molecule has 9 nitrogen and oxygen atoms in total. The molecule has 0 spiro atoms. The van der Waals surface area contributed by atoms with Crippen LogP contribution in [0.2, 0.25) is 0 Å². The van der Waals surface area contributed by atoms with Gasteiger partial charge in [0.05, 0.1) is 18.3 Å². The van der Waals surface area contributed by atoms with Gasteiger partial charge >= 0.3 is 12.1 Å². The Morgan fingerprint density at radius 2 is 2.17 bits per heavy atom. The molecule has 9 heteroatoms. The average Bonchev–Trinajstić information content (AvgIpc) is 3.10. The molecule has 2 heterocycles. The number of ether oxygens (including phenoxy) is 1. The Kier molecular flexibility index (Phi) is 3.73. The highest BCUT2D eigenvalue weighted by atomic mass is 16.6. The molecule has 130 valence electrons. The van der Waals surface area contributed by atoms with Crippen molar-refractivity contribution in [2.24, 2.45) is 0 Å². The standard InChI is InChI=1S/C15H21N5O4/c1-14(2,3)24-13(23)16-8-15(11(21)18-12(22)19-15)10-6-7-17-20(10)9-4-5-9/h6-7,9H,4-5,8H2,1-3H3,(H,16,23)(H2,18,19,21,22). The van der Waals surface area contributed by atoms with E-state index in [0.717, 1.165) is 12.8 Å². The fourth-order valence-electron chi connectivity index (χ4n) is 2.67. The second kappa shape index (κ2) is 5.50. The molecule has 1 saturated carbocycles. The Morgan fingerprint density at radius 1 is 1.46 bits per heavy atom. The van der Waals surface area contributed by atoms with E-state index in [0.29, 0.717) is 5.69 Å². The van der Waals surface area contributed by atoms with Crippen LogP contribution in [0.5, 0.6) is 0 Å². The molecule has 1 aromatic rings. The fraction of sp³-hybridized carbons (Fsp3) is 0.600. The molecule has 24 heavy (non-hydrogen) atoms. The Hall–Kier alpha value is -2.58. The molecule has 1 atom stereocenters. The number of urea groups is 1. The average molecular weight is 335 g/mol. The van der Waals surface area contributed by atoms with Crippen molar-refractivity contribution in [3.63, 3.8) is 0 Å². The molecular formula is C15H21N5O4. The fourth-order valence-corrected chi connectivity index (χ4v) is 2.67. The lowest BCUT2D eigenvalue weighted by Crippen LogP contribution is -2.54. The van der Waals surface area contributed by atoms with Gasteiger partial charge in [0, 0.05) is 6.20 Å². The minimum absolute atomic E-state index is 0.127. The summed E-state index contributed by atoms with van der Waals surface area (Å²) < 4.78 is 6.93. The van der Waals surface area contributed by atoms with E-state index in [4.69, 9.17) is 4.74 Å². The van der Waals surface area contributed by atoms with Gasteiger partial charge in [-0.2, -0.15) is 5.10 Å². The van der Waals surface area contributed by atoms with Crippen LogP contribution in [-0.2, 0) is 15.1 Å². The summed E-state index contributed by atoms with van der Waals surface area (Å²) in [5.74, 6) is -0.522.